The third-order valence-corrected chi connectivity index (χ3v) is 2.97. The van der Waals surface area contributed by atoms with E-state index < -0.39 is 0 Å². The van der Waals surface area contributed by atoms with Crippen molar-refractivity contribution in [2.45, 2.75) is 5.92 Å². The summed E-state index contributed by atoms with van der Waals surface area (Å²) in [4.78, 5) is 4.42. The van der Waals surface area contributed by atoms with Crippen LogP contribution in [0, 0.1) is 0 Å². The first-order valence-electron chi connectivity index (χ1n) is 5.34. The molecular formula is C14H12N2. The van der Waals surface area contributed by atoms with Gasteiger partial charge in [0.05, 0.1) is 5.69 Å². The van der Waals surface area contributed by atoms with Crippen molar-refractivity contribution in [3.8, 4) is 0 Å². The molecule has 0 radical (unpaired) electrons. The van der Waals surface area contributed by atoms with Gasteiger partial charge in [-0.1, -0.05) is 36.4 Å². The van der Waals surface area contributed by atoms with Crippen molar-refractivity contribution in [3.63, 3.8) is 0 Å². The third-order valence-electron chi connectivity index (χ3n) is 2.97. The lowest BCUT2D eigenvalue weighted by atomic mass is 9.92. The van der Waals surface area contributed by atoms with E-state index in [0.717, 1.165) is 16.9 Å². The van der Waals surface area contributed by atoms with E-state index in [-0.39, 0.29) is 5.92 Å². The van der Waals surface area contributed by atoms with Crippen molar-refractivity contribution in [3.05, 3.63) is 59.7 Å². The molecule has 1 atom stereocenters. The fourth-order valence-electron chi connectivity index (χ4n) is 2.15. The fourth-order valence-corrected chi connectivity index (χ4v) is 2.15. The van der Waals surface area contributed by atoms with E-state index in [9.17, 15) is 0 Å². The SMILES string of the molecule is Nc1ccccc1C1C=Nc2ccccc21. The zero-order valence-electron chi connectivity index (χ0n) is 8.80. The van der Waals surface area contributed by atoms with Gasteiger partial charge in [-0.05, 0) is 23.3 Å². The molecule has 2 N–H and O–H groups in total. The van der Waals surface area contributed by atoms with E-state index in [1.54, 1.807) is 0 Å². The number of nitrogens with zero attached hydrogens (tertiary/aromatic N) is 1. The third kappa shape index (κ3) is 1.31. The highest BCUT2D eigenvalue weighted by atomic mass is 14.8. The fraction of sp³-hybridized carbons (Fsp3) is 0.0714. The van der Waals surface area contributed by atoms with Crippen LogP contribution in [-0.4, -0.2) is 6.21 Å². The molecule has 16 heavy (non-hydrogen) atoms. The van der Waals surface area contributed by atoms with Gasteiger partial charge in [0.25, 0.3) is 0 Å². The van der Waals surface area contributed by atoms with Crippen LogP contribution in [0.3, 0.4) is 0 Å². The molecule has 0 saturated heterocycles. The van der Waals surface area contributed by atoms with E-state index in [2.05, 4.69) is 17.1 Å². The van der Waals surface area contributed by atoms with Crippen molar-refractivity contribution in [1.29, 1.82) is 0 Å². The minimum Gasteiger partial charge on any atom is -0.398 e. The molecule has 2 heteroatoms. The lowest BCUT2D eigenvalue weighted by Crippen LogP contribution is -2.02. The van der Waals surface area contributed by atoms with Crippen LogP contribution in [0.4, 0.5) is 11.4 Å². The summed E-state index contributed by atoms with van der Waals surface area (Å²) in [7, 11) is 0. The van der Waals surface area contributed by atoms with Gasteiger partial charge in [0.2, 0.25) is 0 Å². The molecule has 0 bridgehead atoms. The lowest BCUT2D eigenvalue weighted by Gasteiger charge is -2.11. The normalized spacial score (nSPS) is 17.4. The second-order valence-corrected chi connectivity index (χ2v) is 3.94. The van der Waals surface area contributed by atoms with Gasteiger partial charge in [-0.25, -0.2) is 0 Å². The first kappa shape index (κ1) is 9.16. The molecule has 1 unspecified atom stereocenters. The number of nitrogens with two attached hydrogens (primary N) is 1. The van der Waals surface area contributed by atoms with Crippen LogP contribution >= 0.6 is 0 Å². The van der Waals surface area contributed by atoms with Gasteiger partial charge in [0.15, 0.2) is 0 Å². The second kappa shape index (κ2) is 3.49. The lowest BCUT2D eigenvalue weighted by molar-refractivity contribution is 1.14. The Morgan fingerprint density at radius 3 is 2.38 bits per heavy atom. The van der Waals surface area contributed by atoms with Crippen molar-refractivity contribution < 1.29 is 0 Å². The van der Waals surface area contributed by atoms with Crippen molar-refractivity contribution in [2.75, 3.05) is 5.73 Å². The molecule has 0 fully saturated rings. The molecule has 2 aromatic carbocycles. The molecule has 1 heterocycles. The summed E-state index contributed by atoms with van der Waals surface area (Å²) < 4.78 is 0. The number of para-hydroxylation sites is 2. The van der Waals surface area contributed by atoms with Gasteiger partial charge in [-0.3, -0.25) is 4.99 Å². The van der Waals surface area contributed by atoms with Gasteiger partial charge in [0.1, 0.15) is 0 Å². The monoisotopic (exact) mass is 208 g/mol. The second-order valence-electron chi connectivity index (χ2n) is 3.94. The zero-order valence-corrected chi connectivity index (χ0v) is 8.80. The number of hydrogen-bond acceptors (Lipinski definition) is 2. The Bertz CT molecular complexity index is 558. The predicted octanol–water partition coefficient (Wildman–Crippen LogP) is 3.12. The van der Waals surface area contributed by atoms with Crippen LogP contribution in [-0.2, 0) is 0 Å². The topological polar surface area (TPSA) is 38.4 Å². The first-order chi connectivity index (χ1) is 7.86. The van der Waals surface area contributed by atoms with Crippen LogP contribution in [0.5, 0.6) is 0 Å². The number of benzene rings is 2. The molecular weight excluding hydrogens is 196 g/mol. The van der Waals surface area contributed by atoms with Crippen molar-refractivity contribution in [2.24, 2.45) is 4.99 Å². The van der Waals surface area contributed by atoms with E-state index in [1.165, 1.54) is 5.56 Å². The standard InChI is InChI=1S/C14H12N2/c15-13-7-3-1-5-10(13)12-9-16-14-8-4-2-6-11(12)14/h1-9,12H,15H2. The summed E-state index contributed by atoms with van der Waals surface area (Å²) in [5.41, 5.74) is 10.2. The first-order valence-corrected chi connectivity index (χ1v) is 5.34. The Morgan fingerprint density at radius 1 is 0.875 bits per heavy atom. The highest BCUT2D eigenvalue weighted by Crippen LogP contribution is 2.37. The maximum Gasteiger partial charge on any atom is 0.0668 e. The molecule has 1 aliphatic heterocycles. The van der Waals surface area contributed by atoms with E-state index in [1.807, 2.05) is 42.6 Å². The van der Waals surface area contributed by atoms with Crippen LogP contribution in [0.2, 0.25) is 0 Å². The van der Waals surface area contributed by atoms with Gasteiger partial charge in [-0.15, -0.1) is 0 Å². The van der Waals surface area contributed by atoms with Gasteiger partial charge in [0, 0.05) is 17.8 Å². The highest BCUT2D eigenvalue weighted by Gasteiger charge is 2.21. The van der Waals surface area contributed by atoms with Crippen molar-refractivity contribution in [1.82, 2.24) is 0 Å². The summed E-state index contributed by atoms with van der Waals surface area (Å²) >= 11 is 0. The Labute approximate surface area is 94.4 Å². The summed E-state index contributed by atoms with van der Waals surface area (Å²) in [5.74, 6) is 0.206. The number of aliphatic imine (C=N–C) groups is 1. The Hall–Kier alpha value is -2.09. The minimum atomic E-state index is 0.206. The summed E-state index contributed by atoms with van der Waals surface area (Å²) in [6, 6.07) is 16.2. The Kier molecular flexibility index (Phi) is 2.00. The van der Waals surface area contributed by atoms with E-state index in [4.69, 9.17) is 5.73 Å². The largest absolute Gasteiger partial charge is 0.398 e. The van der Waals surface area contributed by atoms with Gasteiger partial charge >= 0.3 is 0 Å². The smallest absolute Gasteiger partial charge is 0.0668 e. The number of anilines is 1. The molecule has 2 aromatic rings. The summed E-state index contributed by atoms with van der Waals surface area (Å²) in [5, 5.41) is 0. The Morgan fingerprint density at radius 2 is 1.56 bits per heavy atom. The van der Waals surface area contributed by atoms with Crippen LogP contribution in [0.1, 0.15) is 17.0 Å². The summed E-state index contributed by atoms with van der Waals surface area (Å²) in [6.45, 7) is 0. The van der Waals surface area contributed by atoms with Crippen LogP contribution < -0.4 is 5.73 Å². The molecule has 0 aliphatic carbocycles. The number of nitrogen functional groups attached to an aromatic ring is 1. The van der Waals surface area contributed by atoms with Gasteiger partial charge in [-0.2, -0.15) is 0 Å². The molecule has 0 spiro atoms. The molecule has 0 amide bonds. The molecule has 3 rings (SSSR count). The van der Waals surface area contributed by atoms with Gasteiger partial charge < -0.3 is 5.73 Å². The molecule has 0 saturated carbocycles. The number of rotatable bonds is 1. The number of fused-ring (bicyclic) bond motifs is 1. The average molecular weight is 208 g/mol. The van der Waals surface area contributed by atoms with E-state index >= 15 is 0 Å². The Balaban J connectivity index is 2.12. The maximum absolute atomic E-state index is 6.00. The number of hydrogen-bond donors (Lipinski definition) is 1. The molecule has 78 valence electrons. The maximum atomic E-state index is 6.00. The van der Waals surface area contributed by atoms with Crippen LogP contribution in [0.25, 0.3) is 0 Å². The van der Waals surface area contributed by atoms with Crippen LogP contribution in [0.15, 0.2) is 53.5 Å². The van der Waals surface area contributed by atoms with Crippen molar-refractivity contribution >= 4 is 17.6 Å². The molecule has 0 aromatic heterocycles. The zero-order chi connectivity index (χ0) is 11.0. The van der Waals surface area contributed by atoms with E-state index in [0.29, 0.717) is 0 Å². The minimum absolute atomic E-state index is 0.206. The summed E-state index contributed by atoms with van der Waals surface area (Å²) in [6.07, 6.45) is 1.97. The molecule has 2 nitrogen and oxygen atoms in total. The molecule has 1 aliphatic rings. The predicted molar refractivity (Wildman–Crippen MR) is 67.3 cm³/mol. The quantitative estimate of drug-likeness (QED) is 0.718. The average Bonchev–Trinajstić information content (AvgIpc) is 2.74. The highest BCUT2D eigenvalue weighted by molar-refractivity contribution is 5.85.